The molecule has 50 valence electrons. The van der Waals surface area contributed by atoms with Gasteiger partial charge in [0.15, 0.2) is 0 Å². The van der Waals surface area contributed by atoms with Gasteiger partial charge in [0, 0.05) is 5.92 Å². The largest absolute Gasteiger partial charge is 0.395 e. The third kappa shape index (κ3) is 1.06. The van der Waals surface area contributed by atoms with Crippen molar-refractivity contribution in [1.82, 2.24) is 0 Å². The highest BCUT2D eigenvalue weighted by atomic mass is 16.3. The number of aliphatic hydroxyl groups is 1. The molecule has 0 aromatic carbocycles. The van der Waals surface area contributed by atoms with Gasteiger partial charge in [0.1, 0.15) is 0 Å². The van der Waals surface area contributed by atoms with Crippen LogP contribution < -0.4 is 0 Å². The first-order chi connectivity index (χ1) is 4.25. The maximum atomic E-state index is 8.77. The molecule has 0 fully saturated rings. The topological polar surface area (TPSA) is 20.2 Å². The number of hydrogen-bond donors (Lipinski definition) is 1. The Hall–Kier alpha value is -0.560. The van der Waals surface area contributed by atoms with Crippen LogP contribution >= 0.6 is 0 Å². The summed E-state index contributed by atoms with van der Waals surface area (Å²) in [4.78, 5) is 0. The van der Waals surface area contributed by atoms with E-state index in [0.717, 1.165) is 0 Å². The van der Waals surface area contributed by atoms with Crippen molar-refractivity contribution in [3.8, 4) is 0 Å². The lowest BCUT2D eigenvalue weighted by Crippen LogP contribution is -2.00. The van der Waals surface area contributed by atoms with Gasteiger partial charge in [-0.25, -0.2) is 0 Å². The summed E-state index contributed by atoms with van der Waals surface area (Å²) < 4.78 is 0. The molecular formula is C8H12O. The molecular weight excluding hydrogens is 112 g/mol. The van der Waals surface area contributed by atoms with E-state index in [1.165, 1.54) is 11.1 Å². The molecule has 0 spiro atoms. The molecule has 0 aliphatic heterocycles. The number of allylic oxidation sites excluding steroid dienone is 2. The summed E-state index contributed by atoms with van der Waals surface area (Å²) in [5.74, 6) is 0.296. The number of rotatable bonds is 1. The lowest BCUT2D eigenvalue weighted by Gasteiger charge is -2.04. The summed E-state index contributed by atoms with van der Waals surface area (Å²) in [6.45, 7) is 4.39. The third-order valence-electron chi connectivity index (χ3n) is 1.95. The predicted octanol–water partition coefficient (Wildman–Crippen LogP) is 1.50. The van der Waals surface area contributed by atoms with Crippen molar-refractivity contribution in [3.05, 3.63) is 23.3 Å². The van der Waals surface area contributed by atoms with Crippen molar-refractivity contribution in [2.24, 2.45) is 5.92 Å². The average molecular weight is 124 g/mol. The van der Waals surface area contributed by atoms with Gasteiger partial charge in [0.05, 0.1) is 6.61 Å². The molecule has 1 atom stereocenters. The molecule has 0 saturated carbocycles. The zero-order chi connectivity index (χ0) is 6.85. The molecule has 0 radical (unpaired) electrons. The van der Waals surface area contributed by atoms with Crippen molar-refractivity contribution in [2.75, 3.05) is 6.61 Å². The van der Waals surface area contributed by atoms with Gasteiger partial charge in [-0.2, -0.15) is 0 Å². The van der Waals surface area contributed by atoms with Gasteiger partial charge in [-0.15, -0.1) is 0 Å². The lowest BCUT2D eigenvalue weighted by molar-refractivity contribution is 0.270. The van der Waals surface area contributed by atoms with Gasteiger partial charge < -0.3 is 5.11 Å². The van der Waals surface area contributed by atoms with Crippen LogP contribution in [0.4, 0.5) is 0 Å². The fraction of sp³-hybridized carbons (Fsp3) is 0.500. The van der Waals surface area contributed by atoms with E-state index in [4.69, 9.17) is 5.11 Å². The lowest BCUT2D eigenvalue weighted by atomic mass is 10.0. The van der Waals surface area contributed by atoms with Crippen LogP contribution in [0, 0.1) is 5.92 Å². The van der Waals surface area contributed by atoms with Gasteiger partial charge in [0.2, 0.25) is 0 Å². The van der Waals surface area contributed by atoms with Crippen molar-refractivity contribution in [3.63, 3.8) is 0 Å². The molecule has 1 aliphatic rings. The smallest absolute Gasteiger partial charge is 0.0531 e. The predicted molar refractivity (Wildman–Crippen MR) is 38.1 cm³/mol. The zero-order valence-corrected chi connectivity index (χ0v) is 5.89. The standard InChI is InChI=1S/C8H12O/c1-6-3-4-8(5-9)7(6)2/h3-4,8-9H,5H2,1-2H3. The minimum atomic E-state index is 0.250. The van der Waals surface area contributed by atoms with Crippen LogP contribution in [0.3, 0.4) is 0 Å². The Bertz CT molecular complexity index is 165. The van der Waals surface area contributed by atoms with E-state index in [2.05, 4.69) is 19.9 Å². The third-order valence-corrected chi connectivity index (χ3v) is 1.95. The van der Waals surface area contributed by atoms with Crippen LogP contribution in [-0.4, -0.2) is 11.7 Å². The first-order valence-electron chi connectivity index (χ1n) is 3.22. The second-order valence-corrected chi connectivity index (χ2v) is 2.51. The number of hydrogen-bond acceptors (Lipinski definition) is 1. The molecule has 0 saturated heterocycles. The summed E-state index contributed by atoms with van der Waals surface area (Å²) in [6, 6.07) is 0. The normalized spacial score (nSPS) is 25.9. The molecule has 0 aromatic heterocycles. The van der Waals surface area contributed by atoms with E-state index in [0.29, 0.717) is 5.92 Å². The SMILES string of the molecule is CC1=C(C)C(CO)C=C1. The second kappa shape index (κ2) is 2.36. The Morgan fingerprint density at radius 3 is 2.44 bits per heavy atom. The molecule has 1 aliphatic carbocycles. The molecule has 9 heavy (non-hydrogen) atoms. The van der Waals surface area contributed by atoms with Crippen LogP contribution in [0.25, 0.3) is 0 Å². The van der Waals surface area contributed by atoms with Crippen LogP contribution in [0.1, 0.15) is 13.8 Å². The highest BCUT2D eigenvalue weighted by molar-refractivity contribution is 5.33. The van der Waals surface area contributed by atoms with Crippen LogP contribution in [-0.2, 0) is 0 Å². The first-order valence-corrected chi connectivity index (χ1v) is 3.22. The Balaban J connectivity index is 2.74. The van der Waals surface area contributed by atoms with Gasteiger partial charge in [0.25, 0.3) is 0 Å². The first kappa shape index (κ1) is 6.56. The van der Waals surface area contributed by atoms with E-state index in [9.17, 15) is 0 Å². The maximum Gasteiger partial charge on any atom is 0.0531 e. The van der Waals surface area contributed by atoms with Crippen LogP contribution in [0.2, 0.25) is 0 Å². The second-order valence-electron chi connectivity index (χ2n) is 2.51. The van der Waals surface area contributed by atoms with E-state index in [1.807, 2.05) is 6.08 Å². The van der Waals surface area contributed by atoms with Crippen molar-refractivity contribution >= 4 is 0 Å². The quantitative estimate of drug-likeness (QED) is 0.561. The Morgan fingerprint density at radius 1 is 1.56 bits per heavy atom. The van der Waals surface area contributed by atoms with Crippen molar-refractivity contribution in [2.45, 2.75) is 13.8 Å². The molecule has 0 heterocycles. The minimum absolute atomic E-state index is 0.250. The molecule has 1 heteroatoms. The van der Waals surface area contributed by atoms with E-state index in [1.54, 1.807) is 0 Å². The fourth-order valence-electron chi connectivity index (χ4n) is 1.03. The van der Waals surface area contributed by atoms with E-state index in [-0.39, 0.29) is 6.61 Å². The monoisotopic (exact) mass is 124 g/mol. The molecule has 0 amide bonds. The molecule has 1 rings (SSSR count). The Kier molecular flexibility index (Phi) is 1.72. The maximum absolute atomic E-state index is 8.77. The summed E-state index contributed by atoms with van der Waals surface area (Å²) in [5, 5.41) is 8.77. The summed E-state index contributed by atoms with van der Waals surface area (Å²) in [6.07, 6.45) is 4.11. The van der Waals surface area contributed by atoms with Gasteiger partial charge in [-0.3, -0.25) is 0 Å². The van der Waals surface area contributed by atoms with Crippen molar-refractivity contribution in [1.29, 1.82) is 0 Å². The zero-order valence-electron chi connectivity index (χ0n) is 5.89. The summed E-state index contributed by atoms with van der Waals surface area (Å²) in [7, 11) is 0. The van der Waals surface area contributed by atoms with Gasteiger partial charge in [-0.05, 0) is 13.8 Å². The summed E-state index contributed by atoms with van der Waals surface area (Å²) in [5.41, 5.74) is 2.60. The van der Waals surface area contributed by atoms with E-state index < -0.39 is 0 Å². The molecule has 0 bridgehead atoms. The Labute approximate surface area is 55.7 Å². The Morgan fingerprint density at radius 2 is 2.22 bits per heavy atom. The molecule has 1 unspecified atom stereocenters. The molecule has 0 aromatic rings. The fourth-order valence-corrected chi connectivity index (χ4v) is 1.03. The van der Waals surface area contributed by atoms with Gasteiger partial charge in [-0.1, -0.05) is 23.3 Å². The number of aliphatic hydroxyl groups excluding tert-OH is 1. The summed E-state index contributed by atoms with van der Waals surface area (Å²) >= 11 is 0. The van der Waals surface area contributed by atoms with Crippen LogP contribution in [0.5, 0.6) is 0 Å². The molecule has 1 nitrogen and oxygen atoms in total. The highest BCUT2D eigenvalue weighted by Crippen LogP contribution is 2.23. The van der Waals surface area contributed by atoms with Gasteiger partial charge >= 0.3 is 0 Å². The minimum Gasteiger partial charge on any atom is -0.395 e. The highest BCUT2D eigenvalue weighted by Gasteiger charge is 2.11. The van der Waals surface area contributed by atoms with Crippen LogP contribution in [0.15, 0.2) is 23.3 Å². The molecule has 1 N–H and O–H groups in total. The average Bonchev–Trinajstić information content (AvgIpc) is 2.15. The van der Waals surface area contributed by atoms with Crippen molar-refractivity contribution < 1.29 is 5.11 Å². The van der Waals surface area contributed by atoms with E-state index >= 15 is 0 Å².